The van der Waals surface area contributed by atoms with Crippen molar-refractivity contribution in [2.24, 2.45) is 23.2 Å². The summed E-state index contributed by atoms with van der Waals surface area (Å²) in [6.45, 7) is 8.82. The van der Waals surface area contributed by atoms with Crippen LogP contribution in [0.3, 0.4) is 0 Å². The Morgan fingerprint density at radius 2 is 1.93 bits per heavy atom. The van der Waals surface area contributed by atoms with E-state index < -0.39 is 58.4 Å². The van der Waals surface area contributed by atoms with Gasteiger partial charge in [0, 0.05) is 17.3 Å². The third-order valence-electron chi connectivity index (χ3n) is 6.99. The molecule has 0 spiro atoms. The number of esters is 1. The zero-order chi connectivity index (χ0) is 20.3. The first-order valence-electron chi connectivity index (χ1n) is 9.30. The summed E-state index contributed by atoms with van der Waals surface area (Å²) in [6, 6.07) is 0. The number of hydrogen-bond acceptors (Lipinski definition) is 6. The number of carbonyl (C=O) groups is 2. The van der Waals surface area contributed by atoms with Crippen molar-refractivity contribution < 1.29 is 29.6 Å². The molecular weight excluding hydrogens is 372 g/mol. The molecule has 0 aromatic rings. The molecule has 7 heteroatoms. The number of ketones is 1. The number of allylic oxidation sites excluding steroid dienone is 1. The molecule has 9 unspecified atom stereocenters. The van der Waals surface area contributed by atoms with Crippen LogP contribution in [0.5, 0.6) is 0 Å². The minimum Gasteiger partial charge on any atom is -0.457 e. The van der Waals surface area contributed by atoms with Crippen LogP contribution in [0.25, 0.3) is 0 Å². The van der Waals surface area contributed by atoms with E-state index in [1.807, 2.05) is 0 Å². The average Bonchev–Trinajstić information content (AvgIpc) is 2.86. The van der Waals surface area contributed by atoms with Crippen molar-refractivity contribution in [3.63, 3.8) is 0 Å². The Morgan fingerprint density at radius 1 is 1.30 bits per heavy atom. The van der Waals surface area contributed by atoms with Crippen LogP contribution >= 0.6 is 11.6 Å². The van der Waals surface area contributed by atoms with Crippen molar-refractivity contribution >= 4 is 23.4 Å². The van der Waals surface area contributed by atoms with Gasteiger partial charge in [0.1, 0.15) is 5.60 Å². The maximum atomic E-state index is 12.4. The lowest BCUT2D eigenvalue weighted by Crippen LogP contribution is -2.64. The molecule has 0 amide bonds. The van der Waals surface area contributed by atoms with Crippen molar-refractivity contribution in [1.82, 2.24) is 0 Å². The van der Waals surface area contributed by atoms with Crippen molar-refractivity contribution in [3.05, 3.63) is 24.3 Å². The number of fused-ring (bicyclic) bond motifs is 2. The van der Waals surface area contributed by atoms with E-state index in [-0.39, 0.29) is 5.78 Å². The molecule has 0 aromatic heterocycles. The maximum Gasteiger partial charge on any atom is 0.312 e. The fourth-order valence-corrected chi connectivity index (χ4v) is 5.30. The van der Waals surface area contributed by atoms with Gasteiger partial charge in [-0.15, -0.1) is 11.6 Å². The summed E-state index contributed by atoms with van der Waals surface area (Å²) in [5.74, 6) is -3.38. The molecule has 6 nitrogen and oxygen atoms in total. The third kappa shape index (κ3) is 2.80. The zero-order valence-electron chi connectivity index (χ0n) is 15.8. The number of ether oxygens (including phenoxy) is 1. The normalized spacial score (nSPS) is 50.8. The Bertz CT molecular complexity index is 705. The molecule has 150 valence electrons. The molecule has 2 fully saturated rings. The van der Waals surface area contributed by atoms with E-state index in [0.717, 1.165) is 0 Å². The number of rotatable bonds is 0. The Morgan fingerprint density at radius 3 is 2.56 bits per heavy atom. The van der Waals surface area contributed by atoms with Crippen LogP contribution in [-0.4, -0.2) is 56.4 Å². The van der Waals surface area contributed by atoms with Crippen molar-refractivity contribution in [2.45, 2.75) is 62.9 Å². The second-order valence-corrected chi connectivity index (χ2v) is 8.91. The second kappa shape index (κ2) is 6.69. The minimum absolute atomic E-state index is 0.203. The van der Waals surface area contributed by atoms with Crippen molar-refractivity contribution in [1.29, 1.82) is 0 Å². The number of alkyl halides is 1. The molecule has 1 heterocycles. The summed E-state index contributed by atoms with van der Waals surface area (Å²) < 4.78 is 5.36. The van der Waals surface area contributed by atoms with Gasteiger partial charge in [0.05, 0.1) is 23.5 Å². The lowest BCUT2D eigenvalue weighted by atomic mass is 9.56. The SMILES string of the molecule is C=C1CCC(O)C2(C)C=CC(=O)C(C)C2C(O)C2(O)C(C)C(=O)OC2C1Cl. The predicted molar refractivity (Wildman–Crippen MR) is 98.9 cm³/mol. The van der Waals surface area contributed by atoms with E-state index >= 15 is 0 Å². The Labute approximate surface area is 163 Å². The van der Waals surface area contributed by atoms with Gasteiger partial charge in [-0.1, -0.05) is 32.1 Å². The highest BCUT2D eigenvalue weighted by molar-refractivity contribution is 6.23. The van der Waals surface area contributed by atoms with Gasteiger partial charge in [0.15, 0.2) is 11.9 Å². The van der Waals surface area contributed by atoms with Crippen LogP contribution in [0.4, 0.5) is 0 Å². The van der Waals surface area contributed by atoms with Gasteiger partial charge in [-0.2, -0.15) is 0 Å². The second-order valence-electron chi connectivity index (χ2n) is 8.44. The van der Waals surface area contributed by atoms with Crippen LogP contribution in [0, 0.1) is 23.2 Å². The predicted octanol–water partition coefficient (Wildman–Crippen LogP) is 1.36. The van der Waals surface area contributed by atoms with Gasteiger partial charge < -0.3 is 20.1 Å². The smallest absolute Gasteiger partial charge is 0.312 e. The van der Waals surface area contributed by atoms with Gasteiger partial charge in [0.2, 0.25) is 0 Å². The van der Waals surface area contributed by atoms with Crippen LogP contribution < -0.4 is 0 Å². The summed E-state index contributed by atoms with van der Waals surface area (Å²) in [5, 5.41) is 32.9. The van der Waals surface area contributed by atoms with Gasteiger partial charge in [0.25, 0.3) is 0 Å². The van der Waals surface area contributed by atoms with Gasteiger partial charge >= 0.3 is 5.97 Å². The minimum atomic E-state index is -2.00. The summed E-state index contributed by atoms with van der Waals surface area (Å²) in [6.07, 6.45) is 0.124. The lowest BCUT2D eigenvalue weighted by Gasteiger charge is -2.51. The van der Waals surface area contributed by atoms with Crippen LogP contribution in [0.15, 0.2) is 24.3 Å². The molecular formula is C20H27ClO6. The summed E-state index contributed by atoms with van der Waals surface area (Å²) in [7, 11) is 0. The molecule has 1 saturated carbocycles. The van der Waals surface area contributed by atoms with E-state index in [2.05, 4.69) is 6.58 Å². The monoisotopic (exact) mass is 398 g/mol. The largest absolute Gasteiger partial charge is 0.457 e. The fourth-order valence-electron chi connectivity index (χ4n) is 4.94. The third-order valence-corrected chi connectivity index (χ3v) is 7.52. The van der Waals surface area contributed by atoms with Crippen molar-refractivity contribution in [2.75, 3.05) is 0 Å². The fraction of sp³-hybridized carbons (Fsp3) is 0.700. The molecule has 2 aliphatic carbocycles. The number of halogens is 1. The standard InChI is InChI=1S/C20H27ClO6/c1-9-5-6-13(23)19(4)8-7-12(22)10(2)14(19)16(24)20(26)11(3)18(25)27-17(20)15(9)21/h7-8,10-11,13-17,23-24,26H,1,5-6H2,2-4H3. The molecule has 3 aliphatic rings. The van der Waals surface area contributed by atoms with Gasteiger partial charge in [-0.25, -0.2) is 0 Å². The Hall–Kier alpha value is -1.21. The molecule has 27 heavy (non-hydrogen) atoms. The number of aliphatic hydroxyl groups is 3. The Balaban J connectivity index is 2.19. The van der Waals surface area contributed by atoms with Crippen LogP contribution in [-0.2, 0) is 14.3 Å². The van der Waals surface area contributed by atoms with Gasteiger partial charge in [-0.05, 0) is 25.8 Å². The molecule has 0 radical (unpaired) electrons. The van der Waals surface area contributed by atoms with E-state index in [1.165, 1.54) is 13.0 Å². The van der Waals surface area contributed by atoms with E-state index in [0.29, 0.717) is 18.4 Å². The summed E-state index contributed by atoms with van der Waals surface area (Å²) >= 11 is 6.47. The lowest BCUT2D eigenvalue weighted by molar-refractivity contribution is -0.183. The summed E-state index contributed by atoms with van der Waals surface area (Å²) in [4.78, 5) is 24.6. The van der Waals surface area contributed by atoms with E-state index in [9.17, 15) is 24.9 Å². The zero-order valence-corrected chi connectivity index (χ0v) is 16.5. The molecule has 1 aliphatic heterocycles. The molecule has 0 bridgehead atoms. The molecule has 1 saturated heterocycles. The van der Waals surface area contributed by atoms with E-state index in [1.54, 1.807) is 19.9 Å². The Kier molecular flexibility index (Phi) is 5.09. The highest BCUT2D eigenvalue weighted by atomic mass is 35.5. The highest BCUT2D eigenvalue weighted by Gasteiger charge is 2.65. The number of carbonyl (C=O) groups excluding carboxylic acids is 2. The highest BCUT2D eigenvalue weighted by Crippen LogP contribution is 2.52. The topological polar surface area (TPSA) is 104 Å². The quantitative estimate of drug-likeness (QED) is 0.323. The molecule has 3 N–H and O–H groups in total. The first kappa shape index (κ1) is 20.5. The maximum absolute atomic E-state index is 12.4. The number of aliphatic hydroxyl groups excluding tert-OH is 2. The average molecular weight is 399 g/mol. The molecule has 3 rings (SSSR count). The van der Waals surface area contributed by atoms with Crippen LogP contribution in [0.2, 0.25) is 0 Å². The molecule has 9 atom stereocenters. The van der Waals surface area contributed by atoms with Crippen molar-refractivity contribution in [3.8, 4) is 0 Å². The van der Waals surface area contributed by atoms with E-state index in [4.69, 9.17) is 16.3 Å². The first-order valence-corrected chi connectivity index (χ1v) is 9.73. The molecule has 0 aromatic carbocycles. The van der Waals surface area contributed by atoms with Gasteiger partial charge in [-0.3, -0.25) is 9.59 Å². The first-order chi connectivity index (χ1) is 12.5. The van der Waals surface area contributed by atoms with Crippen LogP contribution in [0.1, 0.15) is 33.6 Å². The summed E-state index contributed by atoms with van der Waals surface area (Å²) in [5.41, 5.74) is -2.47. The number of hydrogen-bond donors (Lipinski definition) is 3.